The van der Waals surface area contributed by atoms with Gasteiger partial charge in [0.25, 0.3) is 0 Å². The van der Waals surface area contributed by atoms with Crippen LogP contribution >= 0.6 is 0 Å². The van der Waals surface area contributed by atoms with Crippen LogP contribution in [-0.4, -0.2) is 45.2 Å². The fourth-order valence-electron chi connectivity index (χ4n) is 3.11. The average molecular weight is 523 g/mol. The average Bonchev–Trinajstić information content (AvgIpc) is 3.44. The monoisotopic (exact) mass is 523 g/mol. The Morgan fingerprint density at radius 3 is 2.41 bits per heavy atom. The van der Waals surface area contributed by atoms with Crippen LogP contribution in [0.15, 0.2) is 72.3 Å². The molecule has 0 heterocycles. The minimum absolute atomic E-state index is 0. The van der Waals surface area contributed by atoms with Crippen LogP contribution in [0.2, 0.25) is 0 Å². The Bertz CT molecular complexity index is 997. The molecule has 2 aromatic carbocycles. The van der Waals surface area contributed by atoms with Crippen LogP contribution in [0.1, 0.15) is 18.9 Å². The quantitative estimate of drug-likeness (QED) is 0.316. The third kappa shape index (κ3) is 9.29. The van der Waals surface area contributed by atoms with Gasteiger partial charge in [-0.1, -0.05) is 36.4 Å². The molecular formula is C26H31NO4Ru. The van der Waals surface area contributed by atoms with Crippen LogP contribution in [0.4, 0.5) is 0 Å². The number of carbonyl (C=O) groups excluding carboxylic acids is 1. The number of esters is 1. The summed E-state index contributed by atoms with van der Waals surface area (Å²) in [7, 11) is 5.50. The van der Waals surface area contributed by atoms with E-state index in [9.17, 15) is 9.90 Å². The summed E-state index contributed by atoms with van der Waals surface area (Å²) in [6.07, 6.45) is 7.67. The van der Waals surface area contributed by atoms with E-state index in [1.807, 2.05) is 43.3 Å². The first-order chi connectivity index (χ1) is 14.9. The summed E-state index contributed by atoms with van der Waals surface area (Å²) in [4.78, 5) is 13.1. The topological polar surface area (TPSA) is 61.8 Å². The summed E-state index contributed by atoms with van der Waals surface area (Å²) in [6, 6.07) is 15.4. The van der Waals surface area contributed by atoms with E-state index in [0.29, 0.717) is 18.2 Å². The van der Waals surface area contributed by atoms with Gasteiger partial charge in [0.05, 0.1) is 12.6 Å². The molecule has 0 bridgehead atoms. The molecule has 1 aliphatic rings. The van der Waals surface area contributed by atoms with Gasteiger partial charge in [-0.2, -0.15) is 17.7 Å². The Morgan fingerprint density at radius 2 is 1.84 bits per heavy atom. The summed E-state index contributed by atoms with van der Waals surface area (Å²) in [5, 5.41) is 13.0. The van der Waals surface area contributed by atoms with Gasteiger partial charge >= 0.3 is 25.4 Å². The largest absolute Gasteiger partial charge is 2.00 e. The fourth-order valence-corrected chi connectivity index (χ4v) is 3.11. The van der Waals surface area contributed by atoms with Crippen molar-refractivity contribution in [2.24, 2.45) is 0 Å². The molecule has 6 heteroatoms. The SMILES string of the molecule is CCOC(=O)CCc1ccc[cH-]1.COC([O-])=c1ccc(=C2C=CC(CN(C)C)=C2)cc1.[Ru+2]. The van der Waals surface area contributed by atoms with Crippen molar-refractivity contribution in [3.8, 4) is 0 Å². The summed E-state index contributed by atoms with van der Waals surface area (Å²) < 4.78 is 9.49. The number of allylic oxidation sites excluding steroid dienone is 2. The van der Waals surface area contributed by atoms with Crippen LogP contribution in [0, 0.1) is 0 Å². The predicted octanol–water partition coefficient (Wildman–Crippen LogP) is 1.87. The molecule has 0 atom stereocenters. The molecular weight excluding hydrogens is 491 g/mol. The van der Waals surface area contributed by atoms with Gasteiger partial charge in [0.1, 0.15) is 0 Å². The zero-order chi connectivity index (χ0) is 22.6. The van der Waals surface area contributed by atoms with Crippen molar-refractivity contribution >= 4 is 17.5 Å². The van der Waals surface area contributed by atoms with E-state index in [1.54, 1.807) is 12.1 Å². The molecule has 1 aliphatic carbocycles. The number of benzene rings is 1. The smallest absolute Gasteiger partial charge is 0.616 e. The maximum atomic E-state index is 11.4. The third-order valence-electron chi connectivity index (χ3n) is 4.61. The van der Waals surface area contributed by atoms with E-state index in [2.05, 4.69) is 42.0 Å². The van der Waals surface area contributed by atoms with Gasteiger partial charge in [-0.3, -0.25) is 4.79 Å². The first kappa shape index (κ1) is 27.5. The molecule has 0 unspecified atom stereocenters. The summed E-state index contributed by atoms with van der Waals surface area (Å²) in [5.74, 6) is -0.416. The van der Waals surface area contributed by atoms with Gasteiger partial charge in [-0.25, -0.2) is 12.1 Å². The molecule has 2 aromatic rings. The van der Waals surface area contributed by atoms with Crippen molar-refractivity contribution in [1.29, 1.82) is 0 Å². The number of rotatable bonds is 7. The summed E-state index contributed by atoms with van der Waals surface area (Å²) in [5.41, 5.74) is 3.66. The Hall–Kier alpha value is -2.56. The van der Waals surface area contributed by atoms with Crippen molar-refractivity contribution in [3.63, 3.8) is 0 Å². The predicted molar refractivity (Wildman–Crippen MR) is 122 cm³/mol. The maximum Gasteiger partial charge on any atom is 2.00 e. The first-order valence-corrected chi connectivity index (χ1v) is 10.4. The zero-order valence-corrected chi connectivity index (χ0v) is 20.9. The third-order valence-corrected chi connectivity index (χ3v) is 4.61. The van der Waals surface area contributed by atoms with E-state index in [-0.39, 0.29) is 31.4 Å². The molecule has 0 N–H and O–H groups in total. The van der Waals surface area contributed by atoms with Gasteiger partial charge in [0.15, 0.2) is 0 Å². The molecule has 0 amide bonds. The maximum absolute atomic E-state index is 11.4. The second kappa shape index (κ2) is 14.5. The van der Waals surface area contributed by atoms with Crippen LogP contribution in [-0.2, 0) is 40.2 Å². The van der Waals surface area contributed by atoms with Crippen molar-refractivity contribution in [2.75, 3.05) is 34.4 Å². The number of carbonyl (C=O) groups is 1. The zero-order valence-electron chi connectivity index (χ0n) is 19.1. The normalized spacial score (nSPS) is 11.9. The van der Waals surface area contributed by atoms with E-state index >= 15 is 0 Å². The van der Waals surface area contributed by atoms with Crippen molar-refractivity contribution in [1.82, 2.24) is 4.90 Å². The molecule has 0 saturated heterocycles. The minimum atomic E-state index is -0.303. The van der Waals surface area contributed by atoms with Crippen LogP contribution in [0.3, 0.4) is 0 Å². The van der Waals surface area contributed by atoms with Gasteiger partial charge in [-0.15, -0.1) is 0 Å². The van der Waals surface area contributed by atoms with Crippen LogP contribution < -0.4 is 15.5 Å². The second-order valence-electron chi connectivity index (χ2n) is 7.41. The summed E-state index contributed by atoms with van der Waals surface area (Å²) in [6.45, 7) is 3.22. The number of ether oxygens (including phenoxy) is 2. The summed E-state index contributed by atoms with van der Waals surface area (Å²) >= 11 is 0. The molecule has 3 rings (SSSR count). The standard InChI is InChI=1S/C16H19NO2.C10H13O2.Ru/c1-17(2)11-12-4-5-15(10-12)13-6-8-14(9-7-13)16(18)19-3;1-2-12-10(11)8-7-9-5-3-4-6-9;/h4-10,18H,11H2,1-3H3;3-6H,2,7-8H2,1H3;/q;-1;+2/p-1. The number of nitrogens with zero attached hydrogens (tertiary/aromatic N) is 1. The Kier molecular flexibility index (Phi) is 12.4. The fraction of sp³-hybridized carbons (Fsp3) is 0.308. The number of methoxy groups -OCH3 is 1. The van der Waals surface area contributed by atoms with Gasteiger partial charge < -0.3 is 19.5 Å². The molecule has 0 saturated carbocycles. The first-order valence-electron chi connectivity index (χ1n) is 10.4. The molecule has 0 spiro atoms. The number of hydrogen-bond acceptors (Lipinski definition) is 5. The minimum Gasteiger partial charge on any atom is -0.616 e. The number of aryl methyl sites for hydroxylation is 1. The van der Waals surface area contributed by atoms with E-state index in [4.69, 9.17) is 4.74 Å². The number of hydrogen-bond donors (Lipinski definition) is 0. The van der Waals surface area contributed by atoms with Crippen molar-refractivity contribution < 1.29 is 38.9 Å². The van der Waals surface area contributed by atoms with Gasteiger partial charge in [0.2, 0.25) is 0 Å². The van der Waals surface area contributed by atoms with Crippen molar-refractivity contribution in [3.05, 3.63) is 88.3 Å². The van der Waals surface area contributed by atoms with Crippen molar-refractivity contribution in [2.45, 2.75) is 19.8 Å². The molecule has 0 radical (unpaired) electrons. The number of likely N-dealkylation sites (N-methyl/N-ethyl adjacent to an activating group) is 1. The molecule has 32 heavy (non-hydrogen) atoms. The van der Waals surface area contributed by atoms with Crippen LogP contribution in [0.5, 0.6) is 0 Å². The molecule has 172 valence electrons. The van der Waals surface area contributed by atoms with Crippen LogP contribution in [0.25, 0.3) is 11.5 Å². The van der Waals surface area contributed by atoms with E-state index in [0.717, 1.165) is 18.2 Å². The van der Waals surface area contributed by atoms with Gasteiger partial charge in [-0.05, 0) is 62.2 Å². The molecule has 5 nitrogen and oxygen atoms in total. The van der Waals surface area contributed by atoms with E-state index < -0.39 is 0 Å². The molecule has 0 aliphatic heterocycles. The van der Waals surface area contributed by atoms with E-state index in [1.165, 1.54) is 23.8 Å². The Labute approximate surface area is 203 Å². The molecule has 0 fully saturated rings. The van der Waals surface area contributed by atoms with Gasteiger partial charge in [0, 0.05) is 13.0 Å². The molecule has 0 aromatic heterocycles. The second-order valence-corrected chi connectivity index (χ2v) is 7.41. The Morgan fingerprint density at radius 1 is 1.12 bits per heavy atom. The Balaban J connectivity index is 0.000000342.